The Hall–Kier alpha value is -0.580. The lowest BCUT2D eigenvalue weighted by atomic mass is 9.94. The number of nitrogens with two attached hydrogens (primary N) is 1. The first kappa shape index (κ1) is 11.9. The molecule has 0 aliphatic carbocycles. The predicted octanol–water partition coefficient (Wildman–Crippen LogP) is 1.81. The van der Waals surface area contributed by atoms with Gasteiger partial charge in [-0.25, -0.2) is 0 Å². The minimum Gasteiger partial charge on any atom is -0.496 e. The van der Waals surface area contributed by atoms with Gasteiger partial charge in [0.05, 0.1) is 7.11 Å². The molecule has 88 valence electrons. The molecular weight excluding hydrogens is 268 g/mol. The smallest absolute Gasteiger partial charge is 0.122 e. The molecule has 2 unspecified atom stereocenters. The molecule has 1 aromatic carbocycles. The van der Waals surface area contributed by atoms with E-state index in [0.717, 1.165) is 23.3 Å². The van der Waals surface area contributed by atoms with Crippen molar-refractivity contribution < 1.29 is 4.74 Å². The first-order valence-electron chi connectivity index (χ1n) is 5.39. The van der Waals surface area contributed by atoms with E-state index in [9.17, 15) is 0 Å². The molecule has 0 amide bonds. The van der Waals surface area contributed by atoms with Crippen LogP contribution in [-0.2, 0) is 0 Å². The van der Waals surface area contributed by atoms with E-state index in [0.29, 0.717) is 5.92 Å². The standard InChI is InChI=1S/C12H17BrN2O/c1-15-6-10(11(14)7-15)9-5-8(13)3-4-12(9)16-2/h3-5,10-11H,6-7,14H2,1-2H3. The number of hydrogen-bond donors (Lipinski definition) is 1. The van der Waals surface area contributed by atoms with Crippen LogP contribution in [0.15, 0.2) is 22.7 Å². The summed E-state index contributed by atoms with van der Waals surface area (Å²) in [6.45, 7) is 1.94. The maximum Gasteiger partial charge on any atom is 0.122 e. The van der Waals surface area contributed by atoms with Gasteiger partial charge in [0.25, 0.3) is 0 Å². The molecule has 1 aliphatic rings. The van der Waals surface area contributed by atoms with Crippen LogP contribution in [0.1, 0.15) is 11.5 Å². The van der Waals surface area contributed by atoms with Crippen molar-refractivity contribution in [3.05, 3.63) is 28.2 Å². The molecule has 0 saturated carbocycles. The lowest BCUT2D eigenvalue weighted by molar-refractivity contribution is 0.395. The Morgan fingerprint density at radius 2 is 2.19 bits per heavy atom. The van der Waals surface area contributed by atoms with E-state index in [1.54, 1.807) is 7.11 Å². The molecule has 3 nitrogen and oxygen atoms in total. The lowest BCUT2D eigenvalue weighted by Crippen LogP contribution is -2.28. The molecule has 1 aliphatic heterocycles. The van der Waals surface area contributed by atoms with E-state index < -0.39 is 0 Å². The summed E-state index contributed by atoms with van der Waals surface area (Å²) in [6, 6.07) is 6.28. The van der Waals surface area contributed by atoms with Crippen molar-refractivity contribution in [1.29, 1.82) is 0 Å². The Morgan fingerprint density at radius 3 is 2.75 bits per heavy atom. The molecule has 1 fully saturated rings. The van der Waals surface area contributed by atoms with Crippen LogP contribution in [0.25, 0.3) is 0 Å². The highest BCUT2D eigenvalue weighted by atomic mass is 79.9. The molecule has 0 aromatic heterocycles. The Kier molecular flexibility index (Phi) is 3.52. The molecule has 2 atom stereocenters. The maximum absolute atomic E-state index is 6.16. The number of benzene rings is 1. The van der Waals surface area contributed by atoms with Gasteiger partial charge in [-0.05, 0) is 25.2 Å². The average Bonchev–Trinajstić information content (AvgIpc) is 2.57. The van der Waals surface area contributed by atoms with Gasteiger partial charge in [-0.1, -0.05) is 15.9 Å². The van der Waals surface area contributed by atoms with Gasteiger partial charge in [-0.2, -0.15) is 0 Å². The second-order valence-electron chi connectivity index (χ2n) is 4.38. The summed E-state index contributed by atoms with van der Waals surface area (Å²) in [5.41, 5.74) is 7.37. The molecule has 1 saturated heterocycles. The normalized spacial score (nSPS) is 26.0. The summed E-state index contributed by atoms with van der Waals surface area (Å²) in [5.74, 6) is 1.29. The van der Waals surface area contributed by atoms with Crippen molar-refractivity contribution in [1.82, 2.24) is 4.90 Å². The van der Waals surface area contributed by atoms with Gasteiger partial charge in [-0.15, -0.1) is 0 Å². The second-order valence-corrected chi connectivity index (χ2v) is 5.29. The molecular formula is C12H17BrN2O. The van der Waals surface area contributed by atoms with Gasteiger partial charge in [0.1, 0.15) is 5.75 Å². The minimum absolute atomic E-state index is 0.188. The van der Waals surface area contributed by atoms with Crippen molar-refractivity contribution >= 4 is 15.9 Å². The van der Waals surface area contributed by atoms with Crippen molar-refractivity contribution in [2.45, 2.75) is 12.0 Å². The average molecular weight is 285 g/mol. The molecule has 1 heterocycles. The highest BCUT2D eigenvalue weighted by molar-refractivity contribution is 9.10. The van der Waals surface area contributed by atoms with Crippen LogP contribution in [0.5, 0.6) is 5.75 Å². The first-order chi connectivity index (χ1) is 7.61. The van der Waals surface area contributed by atoms with E-state index in [2.05, 4.69) is 33.9 Å². The summed E-state index contributed by atoms with van der Waals surface area (Å²) in [7, 11) is 3.81. The van der Waals surface area contributed by atoms with Crippen LogP contribution < -0.4 is 10.5 Å². The van der Waals surface area contributed by atoms with E-state index in [4.69, 9.17) is 10.5 Å². The van der Waals surface area contributed by atoms with Crippen LogP contribution >= 0.6 is 15.9 Å². The zero-order valence-electron chi connectivity index (χ0n) is 9.61. The fourth-order valence-corrected chi connectivity index (χ4v) is 2.74. The fourth-order valence-electron chi connectivity index (χ4n) is 2.36. The predicted molar refractivity (Wildman–Crippen MR) is 68.9 cm³/mol. The number of methoxy groups -OCH3 is 1. The Balaban J connectivity index is 2.35. The highest BCUT2D eigenvalue weighted by Gasteiger charge is 2.31. The van der Waals surface area contributed by atoms with Crippen LogP contribution in [0, 0.1) is 0 Å². The summed E-state index contributed by atoms with van der Waals surface area (Å²) in [6.07, 6.45) is 0. The van der Waals surface area contributed by atoms with E-state index in [1.165, 1.54) is 5.56 Å². The molecule has 0 radical (unpaired) electrons. The first-order valence-corrected chi connectivity index (χ1v) is 6.18. The van der Waals surface area contributed by atoms with E-state index in [1.807, 2.05) is 12.1 Å². The van der Waals surface area contributed by atoms with Gasteiger partial charge in [0.2, 0.25) is 0 Å². The third kappa shape index (κ3) is 2.24. The van der Waals surface area contributed by atoms with Gasteiger partial charge in [-0.3, -0.25) is 0 Å². The van der Waals surface area contributed by atoms with Crippen LogP contribution in [-0.4, -0.2) is 38.2 Å². The van der Waals surface area contributed by atoms with Gasteiger partial charge < -0.3 is 15.4 Å². The number of likely N-dealkylation sites (tertiary alicyclic amines) is 1. The summed E-state index contributed by atoms with van der Waals surface area (Å²) >= 11 is 3.50. The van der Waals surface area contributed by atoms with Crippen molar-refractivity contribution in [2.24, 2.45) is 5.73 Å². The summed E-state index contributed by atoms with van der Waals surface area (Å²) in [5, 5.41) is 0. The number of rotatable bonds is 2. The second kappa shape index (κ2) is 4.73. The third-order valence-corrected chi connectivity index (χ3v) is 3.63. The molecule has 2 rings (SSSR count). The number of halogens is 1. The van der Waals surface area contributed by atoms with E-state index >= 15 is 0 Å². The number of nitrogens with zero attached hydrogens (tertiary/aromatic N) is 1. The largest absolute Gasteiger partial charge is 0.496 e. The molecule has 16 heavy (non-hydrogen) atoms. The Labute approximate surface area is 105 Å². The highest BCUT2D eigenvalue weighted by Crippen LogP contribution is 2.34. The summed E-state index contributed by atoms with van der Waals surface area (Å²) < 4.78 is 6.48. The number of likely N-dealkylation sites (N-methyl/N-ethyl adjacent to an activating group) is 1. The molecule has 2 N–H and O–H groups in total. The van der Waals surface area contributed by atoms with Crippen molar-refractivity contribution in [3.8, 4) is 5.75 Å². The maximum atomic E-state index is 6.16. The van der Waals surface area contributed by atoms with Gasteiger partial charge in [0.15, 0.2) is 0 Å². The zero-order chi connectivity index (χ0) is 11.7. The van der Waals surface area contributed by atoms with Crippen molar-refractivity contribution in [3.63, 3.8) is 0 Å². The molecule has 0 spiro atoms. The SMILES string of the molecule is COc1ccc(Br)cc1C1CN(C)CC1N. The third-order valence-electron chi connectivity index (χ3n) is 3.14. The van der Waals surface area contributed by atoms with Crippen molar-refractivity contribution in [2.75, 3.05) is 27.2 Å². The van der Waals surface area contributed by atoms with Gasteiger partial charge >= 0.3 is 0 Å². The zero-order valence-corrected chi connectivity index (χ0v) is 11.2. The number of ether oxygens (including phenoxy) is 1. The quantitative estimate of drug-likeness (QED) is 0.900. The molecule has 4 heteroatoms. The lowest BCUT2D eigenvalue weighted by Gasteiger charge is -2.18. The summed E-state index contributed by atoms with van der Waals surface area (Å²) in [4.78, 5) is 2.26. The van der Waals surface area contributed by atoms with Crippen LogP contribution in [0.2, 0.25) is 0 Å². The monoisotopic (exact) mass is 284 g/mol. The Bertz CT molecular complexity index is 383. The topological polar surface area (TPSA) is 38.5 Å². The minimum atomic E-state index is 0.188. The molecule has 1 aromatic rings. The van der Waals surface area contributed by atoms with Crippen LogP contribution in [0.3, 0.4) is 0 Å². The fraction of sp³-hybridized carbons (Fsp3) is 0.500. The van der Waals surface area contributed by atoms with Gasteiger partial charge in [0, 0.05) is 35.1 Å². The Morgan fingerprint density at radius 1 is 1.44 bits per heavy atom. The van der Waals surface area contributed by atoms with E-state index in [-0.39, 0.29) is 6.04 Å². The number of hydrogen-bond acceptors (Lipinski definition) is 3. The molecule has 0 bridgehead atoms. The van der Waals surface area contributed by atoms with Crippen LogP contribution in [0.4, 0.5) is 0 Å².